The average molecular weight is 519 g/mol. The van der Waals surface area contributed by atoms with Crippen molar-refractivity contribution in [2.45, 2.75) is 0 Å². The molecule has 1 aliphatic heterocycles. The fourth-order valence-electron chi connectivity index (χ4n) is 3.90. The van der Waals surface area contributed by atoms with Gasteiger partial charge in [0.05, 0.1) is 18.9 Å². The summed E-state index contributed by atoms with van der Waals surface area (Å²) in [4.78, 5) is 19.3. The normalized spacial score (nSPS) is 13.8. The van der Waals surface area contributed by atoms with Gasteiger partial charge in [-0.25, -0.2) is 14.2 Å². The van der Waals surface area contributed by atoms with Gasteiger partial charge in [0, 0.05) is 47.5 Å². The van der Waals surface area contributed by atoms with Crippen molar-refractivity contribution in [3.05, 3.63) is 84.0 Å². The van der Waals surface area contributed by atoms with Gasteiger partial charge in [0.2, 0.25) is 0 Å². The van der Waals surface area contributed by atoms with Crippen LogP contribution in [0.4, 0.5) is 20.6 Å². The molecule has 5 rings (SSSR count). The summed E-state index contributed by atoms with van der Waals surface area (Å²) in [5.74, 6) is 0.494. The monoisotopic (exact) mass is 518 g/mol. The predicted molar refractivity (Wildman–Crippen MR) is 145 cm³/mol. The Morgan fingerprint density at radius 2 is 1.54 bits per heavy atom. The van der Waals surface area contributed by atoms with Gasteiger partial charge in [-0.15, -0.1) is 11.3 Å². The third kappa shape index (κ3) is 6.91. The van der Waals surface area contributed by atoms with Crippen LogP contribution in [0.25, 0.3) is 21.8 Å². The van der Waals surface area contributed by atoms with Crippen LogP contribution in [0.1, 0.15) is 0 Å². The van der Waals surface area contributed by atoms with Crippen LogP contribution >= 0.6 is 11.3 Å². The summed E-state index contributed by atoms with van der Waals surface area (Å²) in [6.07, 6.45) is 0. The lowest BCUT2D eigenvalue weighted by molar-refractivity contribution is 0.0322. The number of thiazole rings is 1. The second-order valence-corrected chi connectivity index (χ2v) is 9.39. The van der Waals surface area contributed by atoms with Crippen molar-refractivity contribution < 1.29 is 18.7 Å². The molecule has 0 aliphatic carbocycles. The fourth-order valence-corrected chi connectivity index (χ4v) is 4.74. The van der Waals surface area contributed by atoms with Gasteiger partial charge in [-0.3, -0.25) is 4.90 Å². The Morgan fingerprint density at radius 1 is 0.919 bits per heavy atom. The number of anilines is 2. The Balaban J connectivity index is 1.14. The first kappa shape index (κ1) is 24.9. The Morgan fingerprint density at radius 3 is 2.22 bits per heavy atom. The van der Waals surface area contributed by atoms with E-state index < -0.39 is 6.03 Å². The lowest BCUT2D eigenvalue weighted by atomic mass is 10.1. The van der Waals surface area contributed by atoms with Gasteiger partial charge in [0.25, 0.3) is 0 Å². The number of nitrogens with one attached hydrogen (secondary N) is 2. The number of amides is 2. The van der Waals surface area contributed by atoms with Crippen molar-refractivity contribution in [3.8, 4) is 27.6 Å². The third-order valence-electron chi connectivity index (χ3n) is 5.93. The van der Waals surface area contributed by atoms with Crippen LogP contribution in [-0.4, -0.2) is 55.4 Å². The zero-order chi connectivity index (χ0) is 25.5. The molecule has 1 saturated heterocycles. The number of nitrogens with zero attached hydrogens (tertiary/aromatic N) is 2. The Kier molecular flexibility index (Phi) is 8.05. The van der Waals surface area contributed by atoms with Gasteiger partial charge in [0.1, 0.15) is 23.2 Å². The topological polar surface area (TPSA) is 75.7 Å². The number of benzene rings is 3. The lowest BCUT2D eigenvalue weighted by Gasteiger charge is -2.26. The molecule has 1 aromatic heterocycles. The Labute approximate surface area is 218 Å². The minimum atomic E-state index is -0.399. The molecule has 0 atom stereocenters. The SMILES string of the molecule is O=C(Nc1ccc(F)cc1)Nc1ccc(-c2csc(-c3ccc(OCCN4CCOCC4)cc3)n2)cc1. The van der Waals surface area contributed by atoms with Gasteiger partial charge in [-0.05, 0) is 60.7 Å². The van der Waals surface area contributed by atoms with Crippen LogP contribution in [0.5, 0.6) is 5.75 Å². The van der Waals surface area contributed by atoms with Gasteiger partial charge < -0.3 is 20.1 Å². The molecule has 0 unspecified atom stereocenters. The van der Waals surface area contributed by atoms with E-state index in [1.54, 1.807) is 11.3 Å². The first-order chi connectivity index (χ1) is 18.1. The summed E-state index contributed by atoms with van der Waals surface area (Å²) < 4.78 is 24.3. The first-order valence-corrected chi connectivity index (χ1v) is 12.9. The van der Waals surface area contributed by atoms with Crippen molar-refractivity contribution in [2.75, 3.05) is 50.1 Å². The van der Waals surface area contributed by atoms with Crippen LogP contribution in [0.15, 0.2) is 78.2 Å². The summed E-state index contributed by atoms with van der Waals surface area (Å²) in [6, 6.07) is 20.7. The minimum absolute atomic E-state index is 0.354. The van der Waals surface area contributed by atoms with Crippen LogP contribution < -0.4 is 15.4 Å². The highest BCUT2D eigenvalue weighted by Gasteiger charge is 2.11. The van der Waals surface area contributed by atoms with Crippen molar-refractivity contribution in [1.82, 2.24) is 9.88 Å². The van der Waals surface area contributed by atoms with Gasteiger partial charge >= 0.3 is 6.03 Å². The number of hydrogen-bond donors (Lipinski definition) is 2. The molecule has 7 nitrogen and oxygen atoms in total. The fraction of sp³-hybridized carbons (Fsp3) is 0.214. The largest absolute Gasteiger partial charge is 0.492 e. The highest BCUT2D eigenvalue weighted by Crippen LogP contribution is 2.30. The van der Waals surface area contributed by atoms with Crippen molar-refractivity contribution in [1.29, 1.82) is 0 Å². The molecule has 1 aliphatic rings. The molecule has 4 aromatic rings. The molecule has 0 bridgehead atoms. The zero-order valence-electron chi connectivity index (χ0n) is 20.2. The maximum absolute atomic E-state index is 13.0. The Hall–Kier alpha value is -3.79. The second-order valence-electron chi connectivity index (χ2n) is 8.53. The van der Waals surface area contributed by atoms with Gasteiger partial charge in [-0.1, -0.05) is 12.1 Å². The van der Waals surface area contributed by atoms with E-state index in [1.807, 2.05) is 53.9 Å². The zero-order valence-corrected chi connectivity index (χ0v) is 21.0. The average Bonchev–Trinajstić information content (AvgIpc) is 3.42. The van der Waals surface area contributed by atoms with E-state index in [4.69, 9.17) is 14.5 Å². The number of carbonyl (C=O) groups is 1. The molecule has 2 heterocycles. The van der Waals surface area contributed by atoms with E-state index in [-0.39, 0.29) is 5.82 Å². The first-order valence-electron chi connectivity index (χ1n) is 12.1. The molecule has 37 heavy (non-hydrogen) atoms. The molecular formula is C28H27FN4O3S. The molecule has 2 N–H and O–H groups in total. The second kappa shape index (κ2) is 12.0. The van der Waals surface area contributed by atoms with Crippen LogP contribution in [-0.2, 0) is 4.74 Å². The number of urea groups is 1. The number of rotatable bonds is 8. The molecule has 2 amide bonds. The van der Waals surface area contributed by atoms with E-state index in [2.05, 4.69) is 15.5 Å². The molecule has 0 radical (unpaired) electrons. The maximum Gasteiger partial charge on any atom is 0.323 e. The quantitative estimate of drug-likeness (QED) is 0.301. The van der Waals surface area contributed by atoms with E-state index >= 15 is 0 Å². The molecule has 190 valence electrons. The number of aromatic nitrogens is 1. The predicted octanol–water partition coefficient (Wildman–Crippen LogP) is 5.97. The highest BCUT2D eigenvalue weighted by atomic mass is 32.1. The van der Waals surface area contributed by atoms with Crippen molar-refractivity contribution in [2.24, 2.45) is 0 Å². The van der Waals surface area contributed by atoms with E-state index in [1.165, 1.54) is 24.3 Å². The van der Waals surface area contributed by atoms with Crippen LogP contribution in [0, 0.1) is 5.82 Å². The van der Waals surface area contributed by atoms with Crippen LogP contribution in [0.3, 0.4) is 0 Å². The van der Waals surface area contributed by atoms with Crippen molar-refractivity contribution in [3.63, 3.8) is 0 Å². The highest BCUT2D eigenvalue weighted by molar-refractivity contribution is 7.13. The number of hydrogen-bond acceptors (Lipinski definition) is 6. The lowest BCUT2D eigenvalue weighted by Crippen LogP contribution is -2.38. The smallest absolute Gasteiger partial charge is 0.323 e. The molecule has 3 aromatic carbocycles. The van der Waals surface area contributed by atoms with Gasteiger partial charge in [-0.2, -0.15) is 0 Å². The number of morpholine rings is 1. The Bertz CT molecular complexity index is 1300. The molecule has 0 spiro atoms. The summed E-state index contributed by atoms with van der Waals surface area (Å²) in [5.41, 5.74) is 4.01. The van der Waals surface area contributed by atoms with Crippen molar-refractivity contribution >= 4 is 28.7 Å². The summed E-state index contributed by atoms with van der Waals surface area (Å²) in [6.45, 7) is 5.05. The summed E-state index contributed by atoms with van der Waals surface area (Å²) >= 11 is 1.58. The van der Waals surface area contributed by atoms with E-state index in [9.17, 15) is 9.18 Å². The minimum Gasteiger partial charge on any atom is -0.492 e. The van der Waals surface area contributed by atoms with Gasteiger partial charge in [0.15, 0.2) is 0 Å². The molecule has 9 heteroatoms. The summed E-state index contributed by atoms with van der Waals surface area (Å²) in [5, 5.41) is 8.39. The summed E-state index contributed by atoms with van der Waals surface area (Å²) in [7, 11) is 0. The van der Waals surface area contributed by atoms with E-state index in [0.29, 0.717) is 18.0 Å². The number of halogens is 1. The molecular weight excluding hydrogens is 491 g/mol. The third-order valence-corrected chi connectivity index (χ3v) is 6.82. The molecule has 1 fully saturated rings. The maximum atomic E-state index is 13.0. The number of ether oxygens (including phenoxy) is 2. The standard InChI is InChI=1S/C28H27FN4O3S/c29-22-5-9-24(10-6-22)31-28(34)30-23-7-1-20(2-8-23)26-19-37-27(32-26)21-3-11-25(12-4-21)36-18-15-33-13-16-35-17-14-33/h1-12,19H,13-18H2,(H2,30,31,34). The van der Waals surface area contributed by atoms with Crippen LogP contribution in [0.2, 0.25) is 0 Å². The molecule has 0 saturated carbocycles. The van der Waals surface area contributed by atoms with E-state index in [0.717, 1.165) is 60.4 Å². The number of carbonyl (C=O) groups excluding carboxylic acids is 1.